The Bertz CT molecular complexity index is 340. The van der Waals surface area contributed by atoms with E-state index in [2.05, 4.69) is 0 Å². The molecule has 4 nitrogen and oxygen atoms in total. The standard InChI is InChI=1S/C10H14N2O2/c1-11-4-2-3-9(11)10(14)12-5-8(6-12)7-13/h2-4,8,13H,5-7H2,1H3. The number of rotatable bonds is 2. The summed E-state index contributed by atoms with van der Waals surface area (Å²) in [5.41, 5.74) is 0.710. The summed E-state index contributed by atoms with van der Waals surface area (Å²) in [6.07, 6.45) is 1.86. The molecule has 0 spiro atoms. The van der Waals surface area contributed by atoms with Crippen molar-refractivity contribution in [3.05, 3.63) is 24.0 Å². The van der Waals surface area contributed by atoms with E-state index in [1.54, 1.807) is 4.90 Å². The number of hydrogen-bond acceptors (Lipinski definition) is 2. The van der Waals surface area contributed by atoms with Crippen LogP contribution < -0.4 is 0 Å². The van der Waals surface area contributed by atoms with Gasteiger partial charge >= 0.3 is 0 Å². The fraction of sp³-hybridized carbons (Fsp3) is 0.500. The zero-order valence-corrected chi connectivity index (χ0v) is 8.18. The van der Waals surface area contributed by atoms with Crippen LogP contribution in [0.25, 0.3) is 0 Å². The molecule has 1 aromatic rings. The second kappa shape index (κ2) is 3.46. The largest absolute Gasteiger partial charge is 0.396 e. The average Bonchev–Trinajstić information content (AvgIpc) is 2.49. The van der Waals surface area contributed by atoms with Crippen LogP contribution in [0.1, 0.15) is 10.5 Å². The molecular formula is C10H14N2O2. The molecule has 1 amide bonds. The van der Waals surface area contributed by atoms with Gasteiger partial charge in [-0.05, 0) is 12.1 Å². The summed E-state index contributed by atoms with van der Waals surface area (Å²) in [5, 5.41) is 8.83. The lowest BCUT2D eigenvalue weighted by Gasteiger charge is -2.38. The van der Waals surface area contributed by atoms with Gasteiger partial charge in [-0.3, -0.25) is 4.79 Å². The minimum absolute atomic E-state index is 0.0576. The molecule has 14 heavy (non-hydrogen) atoms. The zero-order valence-electron chi connectivity index (χ0n) is 8.18. The van der Waals surface area contributed by atoms with Crippen LogP contribution in [0.5, 0.6) is 0 Å². The number of carbonyl (C=O) groups excluding carboxylic acids is 1. The van der Waals surface area contributed by atoms with Gasteiger partial charge in [-0.25, -0.2) is 0 Å². The summed E-state index contributed by atoms with van der Waals surface area (Å²) < 4.78 is 1.81. The Morgan fingerprint density at radius 2 is 2.36 bits per heavy atom. The normalized spacial score (nSPS) is 16.9. The maximum atomic E-state index is 11.8. The number of hydrogen-bond donors (Lipinski definition) is 1. The van der Waals surface area contributed by atoms with Gasteiger partial charge in [0.2, 0.25) is 0 Å². The Balaban J connectivity index is 2.01. The monoisotopic (exact) mass is 194 g/mol. The maximum absolute atomic E-state index is 11.8. The number of aromatic nitrogens is 1. The van der Waals surface area contributed by atoms with Crippen molar-refractivity contribution in [3.8, 4) is 0 Å². The van der Waals surface area contributed by atoms with Crippen molar-refractivity contribution in [1.82, 2.24) is 9.47 Å². The van der Waals surface area contributed by atoms with Crippen molar-refractivity contribution in [2.45, 2.75) is 0 Å². The molecule has 0 aromatic carbocycles. The molecule has 0 bridgehead atoms. The third kappa shape index (κ3) is 1.42. The van der Waals surface area contributed by atoms with Crippen molar-refractivity contribution in [2.75, 3.05) is 19.7 Å². The molecule has 1 aliphatic rings. The highest BCUT2D eigenvalue weighted by atomic mass is 16.3. The van der Waals surface area contributed by atoms with Crippen LogP contribution in [0, 0.1) is 5.92 Å². The number of likely N-dealkylation sites (tertiary alicyclic amines) is 1. The number of aryl methyl sites for hydroxylation is 1. The van der Waals surface area contributed by atoms with Gasteiger partial charge in [0, 0.05) is 38.9 Å². The van der Waals surface area contributed by atoms with E-state index in [4.69, 9.17) is 5.11 Å². The molecule has 0 unspecified atom stereocenters. The smallest absolute Gasteiger partial charge is 0.270 e. The summed E-state index contributed by atoms with van der Waals surface area (Å²) >= 11 is 0. The van der Waals surface area contributed by atoms with Crippen molar-refractivity contribution in [2.24, 2.45) is 13.0 Å². The highest BCUT2D eigenvalue weighted by Gasteiger charge is 2.31. The van der Waals surface area contributed by atoms with Gasteiger partial charge in [0.15, 0.2) is 0 Å². The van der Waals surface area contributed by atoms with Crippen molar-refractivity contribution >= 4 is 5.91 Å². The minimum atomic E-state index is 0.0576. The molecule has 1 saturated heterocycles. The Hall–Kier alpha value is -1.29. The van der Waals surface area contributed by atoms with Crippen molar-refractivity contribution in [3.63, 3.8) is 0 Å². The van der Waals surface area contributed by atoms with Gasteiger partial charge in [0.25, 0.3) is 5.91 Å². The predicted octanol–water partition coefficient (Wildman–Crippen LogP) is 0.0894. The average molecular weight is 194 g/mol. The number of amides is 1. The first-order valence-electron chi connectivity index (χ1n) is 4.74. The van der Waals surface area contributed by atoms with Gasteiger partial charge in [0.1, 0.15) is 5.69 Å². The lowest BCUT2D eigenvalue weighted by Crippen LogP contribution is -2.51. The number of aliphatic hydroxyl groups is 1. The third-order valence-electron chi connectivity index (χ3n) is 2.67. The molecule has 0 atom stereocenters. The Morgan fingerprint density at radius 3 is 2.86 bits per heavy atom. The van der Waals surface area contributed by atoms with E-state index in [-0.39, 0.29) is 18.4 Å². The molecule has 0 aliphatic carbocycles. The molecule has 76 valence electrons. The van der Waals surface area contributed by atoms with Crippen LogP contribution in [0.3, 0.4) is 0 Å². The lowest BCUT2D eigenvalue weighted by atomic mass is 10.0. The van der Waals surface area contributed by atoms with Crippen molar-refractivity contribution in [1.29, 1.82) is 0 Å². The Kier molecular flexibility index (Phi) is 2.29. The molecule has 0 radical (unpaired) electrons. The van der Waals surface area contributed by atoms with E-state index in [1.165, 1.54) is 0 Å². The molecule has 2 heterocycles. The maximum Gasteiger partial charge on any atom is 0.270 e. The molecule has 2 rings (SSSR count). The fourth-order valence-electron chi connectivity index (χ4n) is 1.70. The van der Waals surface area contributed by atoms with Crippen LogP contribution >= 0.6 is 0 Å². The van der Waals surface area contributed by atoms with Gasteiger partial charge in [-0.15, -0.1) is 0 Å². The molecule has 4 heteroatoms. The summed E-state index contributed by atoms with van der Waals surface area (Å²) in [6, 6.07) is 3.67. The SMILES string of the molecule is Cn1cccc1C(=O)N1CC(CO)C1. The zero-order chi connectivity index (χ0) is 10.1. The molecular weight excluding hydrogens is 180 g/mol. The molecule has 1 aromatic heterocycles. The summed E-state index contributed by atoms with van der Waals surface area (Å²) in [5.74, 6) is 0.335. The minimum Gasteiger partial charge on any atom is -0.396 e. The van der Waals surface area contributed by atoms with Crippen molar-refractivity contribution < 1.29 is 9.90 Å². The summed E-state index contributed by atoms with van der Waals surface area (Å²) in [4.78, 5) is 13.6. The molecule has 0 saturated carbocycles. The Morgan fingerprint density at radius 1 is 1.64 bits per heavy atom. The topological polar surface area (TPSA) is 45.5 Å². The first-order chi connectivity index (χ1) is 6.72. The number of nitrogens with zero attached hydrogens (tertiary/aromatic N) is 2. The van der Waals surface area contributed by atoms with E-state index >= 15 is 0 Å². The highest BCUT2D eigenvalue weighted by Crippen LogP contribution is 2.17. The molecule has 1 N–H and O–H groups in total. The van der Waals surface area contributed by atoms with E-state index in [9.17, 15) is 4.79 Å². The first-order valence-corrected chi connectivity index (χ1v) is 4.74. The quantitative estimate of drug-likeness (QED) is 0.725. The summed E-state index contributed by atoms with van der Waals surface area (Å²) in [7, 11) is 1.86. The van der Waals surface area contributed by atoms with Crippen LogP contribution in [0.4, 0.5) is 0 Å². The summed E-state index contributed by atoms with van der Waals surface area (Å²) in [6.45, 7) is 1.54. The fourth-order valence-corrected chi connectivity index (χ4v) is 1.70. The van der Waals surface area contributed by atoms with E-state index in [0.717, 1.165) is 0 Å². The van der Waals surface area contributed by atoms with Gasteiger partial charge in [-0.2, -0.15) is 0 Å². The van der Waals surface area contributed by atoms with E-state index in [1.807, 2.05) is 29.9 Å². The number of aliphatic hydroxyl groups excluding tert-OH is 1. The van der Waals surface area contributed by atoms with Crippen LogP contribution in [-0.4, -0.2) is 40.2 Å². The second-order valence-corrected chi connectivity index (χ2v) is 3.76. The van der Waals surface area contributed by atoms with E-state index in [0.29, 0.717) is 18.8 Å². The van der Waals surface area contributed by atoms with E-state index < -0.39 is 0 Å². The third-order valence-corrected chi connectivity index (χ3v) is 2.67. The molecule has 1 aliphatic heterocycles. The Labute approximate surface area is 82.7 Å². The second-order valence-electron chi connectivity index (χ2n) is 3.76. The van der Waals surface area contributed by atoms with Crippen LogP contribution in [0.2, 0.25) is 0 Å². The predicted molar refractivity (Wildman–Crippen MR) is 51.9 cm³/mol. The lowest BCUT2D eigenvalue weighted by molar-refractivity contribution is 0.0353. The van der Waals surface area contributed by atoms with Crippen LogP contribution in [-0.2, 0) is 7.05 Å². The highest BCUT2D eigenvalue weighted by molar-refractivity contribution is 5.93. The van der Waals surface area contributed by atoms with Gasteiger partial charge < -0.3 is 14.6 Å². The van der Waals surface area contributed by atoms with Crippen LogP contribution in [0.15, 0.2) is 18.3 Å². The van der Waals surface area contributed by atoms with Gasteiger partial charge in [-0.1, -0.05) is 0 Å². The molecule has 1 fully saturated rings. The number of carbonyl (C=O) groups is 1. The van der Waals surface area contributed by atoms with Gasteiger partial charge in [0.05, 0.1) is 0 Å². The first kappa shape index (κ1) is 9.27.